The van der Waals surface area contributed by atoms with Gasteiger partial charge in [-0.15, -0.1) is 5.10 Å². The van der Waals surface area contributed by atoms with Crippen molar-refractivity contribution in [1.29, 1.82) is 0 Å². The lowest BCUT2D eigenvalue weighted by Crippen LogP contribution is -2.00. The molecule has 1 heterocycles. The van der Waals surface area contributed by atoms with Crippen molar-refractivity contribution in [3.8, 4) is 5.69 Å². The largest absolute Gasteiger partial charge is 0.478 e. The van der Waals surface area contributed by atoms with Crippen molar-refractivity contribution in [1.82, 2.24) is 20.2 Å². The number of carboxylic acid groups (broad SMARTS) is 1. The van der Waals surface area contributed by atoms with Gasteiger partial charge in [-0.2, -0.15) is 0 Å². The predicted molar refractivity (Wildman–Crippen MR) is 53.8 cm³/mol. The fourth-order valence-corrected chi connectivity index (χ4v) is 1.64. The van der Waals surface area contributed by atoms with Crippen LogP contribution in [0.1, 0.15) is 10.4 Å². The van der Waals surface area contributed by atoms with Gasteiger partial charge in [0, 0.05) is 4.47 Å². The molecule has 2 rings (SSSR count). The first-order valence-electron chi connectivity index (χ1n) is 3.94. The molecule has 0 fully saturated rings. The molecule has 0 aliphatic heterocycles. The number of benzene rings is 1. The summed E-state index contributed by atoms with van der Waals surface area (Å²) in [6.45, 7) is 0. The molecule has 0 saturated heterocycles. The van der Waals surface area contributed by atoms with Gasteiger partial charge in [-0.3, -0.25) is 0 Å². The first kappa shape index (κ1) is 9.78. The van der Waals surface area contributed by atoms with E-state index in [4.69, 9.17) is 5.11 Å². The van der Waals surface area contributed by atoms with Gasteiger partial charge in [0.05, 0.1) is 11.3 Å². The lowest BCUT2D eigenvalue weighted by atomic mass is 10.2. The third-order valence-corrected chi connectivity index (χ3v) is 2.45. The monoisotopic (exact) mass is 268 g/mol. The minimum Gasteiger partial charge on any atom is -0.478 e. The van der Waals surface area contributed by atoms with Crippen LogP contribution in [0.4, 0.5) is 0 Å². The molecular formula is C8H5BrN4O2. The van der Waals surface area contributed by atoms with Gasteiger partial charge in [0.1, 0.15) is 6.33 Å². The molecule has 0 saturated carbocycles. The smallest absolute Gasteiger partial charge is 0.336 e. The van der Waals surface area contributed by atoms with Crippen LogP contribution in [0.3, 0.4) is 0 Å². The Hall–Kier alpha value is -1.76. The van der Waals surface area contributed by atoms with Crippen LogP contribution in [0.5, 0.6) is 0 Å². The molecule has 7 heteroatoms. The SMILES string of the molecule is O=C(O)c1ccc(-n2cnnn2)cc1Br. The van der Waals surface area contributed by atoms with Gasteiger partial charge in [0.25, 0.3) is 0 Å². The summed E-state index contributed by atoms with van der Waals surface area (Å²) >= 11 is 3.17. The molecule has 2 aromatic rings. The third-order valence-electron chi connectivity index (χ3n) is 1.80. The Kier molecular flexibility index (Phi) is 2.46. The van der Waals surface area contributed by atoms with Crippen molar-refractivity contribution < 1.29 is 9.90 Å². The van der Waals surface area contributed by atoms with Gasteiger partial charge in [-0.25, -0.2) is 9.48 Å². The van der Waals surface area contributed by atoms with Crippen LogP contribution in [0.25, 0.3) is 5.69 Å². The van der Waals surface area contributed by atoms with Crippen molar-refractivity contribution >= 4 is 21.9 Å². The van der Waals surface area contributed by atoms with Crippen LogP contribution in [-0.4, -0.2) is 31.3 Å². The number of tetrazole rings is 1. The molecular weight excluding hydrogens is 264 g/mol. The van der Waals surface area contributed by atoms with Crippen LogP contribution in [0.2, 0.25) is 0 Å². The van der Waals surface area contributed by atoms with Crippen LogP contribution in [0.15, 0.2) is 29.0 Å². The zero-order valence-electron chi connectivity index (χ0n) is 7.33. The highest BCUT2D eigenvalue weighted by molar-refractivity contribution is 9.10. The van der Waals surface area contributed by atoms with Gasteiger partial charge in [-0.1, -0.05) is 0 Å². The first-order chi connectivity index (χ1) is 7.18. The summed E-state index contributed by atoms with van der Waals surface area (Å²) in [6.07, 6.45) is 1.43. The Balaban J connectivity index is 2.47. The third kappa shape index (κ3) is 1.86. The number of hydrogen-bond acceptors (Lipinski definition) is 4. The lowest BCUT2D eigenvalue weighted by molar-refractivity contribution is 0.0696. The average molecular weight is 269 g/mol. The van der Waals surface area contributed by atoms with E-state index in [2.05, 4.69) is 31.5 Å². The lowest BCUT2D eigenvalue weighted by Gasteiger charge is -2.02. The van der Waals surface area contributed by atoms with Crippen molar-refractivity contribution in [3.63, 3.8) is 0 Å². The molecule has 6 nitrogen and oxygen atoms in total. The number of hydrogen-bond donors (Lipinski definition) is 1. The van der Waals surface area contributed by atoms with E-state index in [9.17, 15) is 4.79 Å². The molecule has 76 valence electrons. The Morgan fingerprint density at radius 3 is 2.80 bits per heavy atom. The summed E-state index contributed by atoms with van der Waals surface area (Å²) in [5.74, 6) is -0.981. The van der Waals surface area contributed by atoms with E-state index in [1.807, 2.05) is 0 Å². The highest BCUT2D eigenvalue weighted by atomic mass is 79.9. The molecule has 0 atom stereocenters. The van der Waals surface area contributed by atoms with Crippen LogP contribution < -0.4 is 0 Å². The van der Waals surface area contributed by atoms with Crippen molar-refractivity contribution in [2.75, 3.05) is 0 Å². The van der Waals surface area contributed by atoms with Crippen LogP contribution in [-0.2, 0) is 0 Å². The molecule has 0 bridgehead atoms. The molecule has 1 aromatic heterocycles. The number of carbonyl (C=O) groups is 1. The van der Waals surface area contributed by atoms with Crippen molar-refractivity contribution in [3.05, 3.63) is 34.6 Å². The highest BCUT2D eigenvalue weighted by Gasteiger charge is 2.09. The van der Waals surface area contributed by atoms with Gasteiger partial charge in [-0.05, 0) is 44.6 Å². The number of carboxylic acids is 1. The van der Waals surface area contributed by atoms with E-state index in [1.165, 1.54) is 17.1 Å². The van der Waals surface area contributed by atoms with E-state index >= 15 is 0 Å². The Bertz CT molecular complexity index is 497. The normalized spacial score (nSPS) is 10.2. The Morgan fingerprint density at radius 1 is 1.47 bits per heavy atom. The van der Waals surface area contributed by atoms with Gasteiger partial charge in [0.15, 0.2) is 0 Å². The van der Waals surface area contributed by atoms with Crippen molar-refractivity contribution in [2.45, 2.75) is 0 Å². The second-order valence-corrected chi connectivity index (χ2v) is 3.58. The molecule has 15 heavy (non-hydrogen) atoms. The minimum absolute atomic E-state index is 0.201. The van der Waals surface area contributed by atoms with Gasteiger partial charge >= 0.3 is 5.97 Å². The fraction of sp³-hybridized carbons (Fsp3) is 0. The maximum atomic E-state index is 10.7. The van der Waals surface area contributed by atoms with Gasteiger partial charge in [0.2, 0.25) is 0 Å². The number of aromatic nitrogens is 4. The van der Waals surface area contributed by atoms with E-state index in [-0.39, 0.29) is 5.56 Å². The number of nitrogens with zero attached hydrogens (tertiary/aromatic N) is 4. The van der Waals surface area contributed by atoms with E-state index in [1.54, 1.807) is 12.1 Å². The standard InChI is InChI=1S/C8H5BrN4O2/c9-7-3-5(13-4-10-11-12-13)1-2-6(7)8(14)15/h1-4H,(H,14,15). The van der Waals surface area contributed by atoms with Crippen LogP contribution in [0, 0.1) is 0 Å². The molecule has 1 aromatic carbocycles. The molecule has 0 amide bonds. The fourth-order valence-electron chi connectivity index (χ4n) is 1.10. The summed E-state index contributed by atoms with van der Waals surface area (Å²) in [5, 5.41) is 19.5. The van der Waals surface area contributed by atoms with E-state index in [0.29, 0.717) is 10.2 Å². The molecule has 0 unspecified atom stereocenters. The number of halogens is 1. The summed E-state index contributed by atoms with van der Waals surface area (Å²) in [7, 11) is 0. The number of rotatable bonds is 2. The maximum Gasteiger partial charge on any atom is 0.336 e. The molecule has 0 aliphatic carbocycles. The quantitative estimate of drug-likeness (QED) is 0.883. The van der Waals surface area contributed by atoms with E-state index in [0.717, 1.165) is 0 Å². The van der Waals surface area contributed by atoms with Crippen molar-refractivity contribution in [2.24, 2.45) is 0 Å². The minimum atomic E-state index is -0.981. The second-order valence-electron chi connectivity index (χ2n) is 2.72. The predicted octanol–water partition coefficient (Wildman–Crippen LogP) is 1.12. The van der Waals surface area contributed by atoms with E-state index < -0.39 is 5.97 Å². The number of aromatic carboxylic acids is 1. The summed E-state index contributed by atoms with van der Waals surface area (Å²) in [5.41, 5.74) is 0.892. The average Bonchev–Trinajstić information content (AvgIpc) is 2.69. The highest BCUT2D eigenvalue weighted by Crippen LogP contribution is 2.20. The molecule has 1 N–H and O–H groups in total. The summed E-state index contributed by atoms with van der Waals surface area (Å²) in [6, 6.07) is 4.76. The van der Waals surface area contributed by atoms with Crippen LogP contribution >= 0.6 is 15.9 Å². The topological polar surface area (TPSA) is 80.9 Å². The molecule has 0 spiro atoms. The van der Waals surface area contributed by atoms with Gasteiger partial charge < -0.3 is 5.11 Å². The first-order valence-corrected chi connectivity index (χ1v) is 4.74. The molecule has 0 radical (unpaired) electrons. The molecule has 0 aliphatic rings. The maximum absolute atomic E-state index is 10.7. The summed E-state index contributed by atoms with van der Waals surface area (Å²) < 4.78 is 1.93. The zero-order chi connectivity index (χ0) is 10.8. The zero-order valence-corrected chi connectivity index (χ0v) is 8.92. The Morgan fingerprint density at radius 2 is 2.27 bits per heavy atom. The summed E-state index contributed by atoms with van der Waals surface area (Å²) in [4.78, 5) is 10.7. The second kappa shape index (κ2) is 3.77. The Labute approximate surface area is 92.7 Å².